The highest BCUT2D eigenvalue weighted by Gasteiger charge is 2.18. The number of carboxylic acids is 1. The average Bonchev–Trinajstić information content (AvgIpc) is 2.12. The van der Waals surface area contributed by atoms with Gasteiger partial charge >= 0.3 is 5.97 Å². The Morgan fingerprint density at radius 2 is 2.20 bits per heavy atom. The quantitative estimate of drug-likeness (QED) is 0.578. The van der Waals surface area contributed by atoms with Crippen molar-refractivity contribution in [1.29, 1.82) is 0 Å². The van der Waals surface area contributed by atoms with Crippen molar-refractivity contribution in [2.75, 3.05) is 13.1 Å². The third-order valence-corrected chi connectivity index (χ3v) is 1.85. The molecule has 1 aliphatic heterocycles. The van der Waals surface area contributed by atoms with Crippen LogP contribution in [-0.2, 0) is 4.79 Å². The molecule has 10 heavy (non-hydrogen) atoms. The summed E-state index contributed by atoms with van der Waals surface area (Å²) >= 11 is 0. The van der Waals surface area contributed by atoms with Crippen molar-refractivity contribution in [3.05, 3.63) is 0 Å². The SMILES string of the molecule is O=C(O)C1CCC[N]CC1. The molecule has 1 rings (SSSR count). The fraction of sp³-hybridized carbons (Fsp3) is 0.857. The lowest BCUT2D eigenvalue weighted by molar-refractivity contribution is -0.142. The standard InChI is InChI=1S/C7H12NO2/c9-7(10)6-2-1-4-8-5-3-6/h6H,1-5H2,(H,9,10). The van der Waals surface area contributed by atoms with Gasteiger partial charge in [-0.1, -0.05) is 0 Å². The van der Waals surface area contributed by atoms with E-state index in [4.69, 9.17) is 5.11 Å². The van der Waals surface area contributed by atoms with E-state index in [-0.39, 0.29) is 5.92 Å². The van der Waals surface area contributed by atoms with Gasteiger partial charge in [0.25, 0.3) is 0 Å². The highest BCUT2D eigenvalue weighted by atomic mass is 16.4. The fourth-order valence-electron chi connectivity index (χ4n) is 1.20. The molecule has 3 heteroatoms. The molecule has 1 unspecified atom stereocenters. The lowest BCUT2D eigenvalue weighted by Gasteiger charge is -2.04. The molecular formula is C7H12NO2. The average molecular weight is 142 g/mol. The van der Waals surface area contributed by atoms with Crippen LogP contribution in [-0.4, -0.2) is 24.2 Å². The Morgan fingerprint density at radius 3 is 2.90 bits per heavy atom. The molecule has 57 valence electrons. The maximum Gasteiger partial charge on any atom is 0.306 e. The Hall–Kier alpha value is -0.570. The zero-order valence-electron chi connectivity index (χ0n) is 5.92. The summed E-state index contributed by atoms with van der Waals surface area (Å²) < 4.78 is 0. The molecule has 0 aliphatic carbocycles. The summed E-state index contributed by atoms with van der Waals surface area (Å²) in [6.07, 6.45) is 2.48. The van der Waals surface area contributed by atoms with Crippen LogP contribution in [0.4, 0.5) is 0 Å². The first-order valence-corrected chi connectivity index (χ1v) is 3.67. The molecule has 0 saturated carbocycles. The lowest BCUT2D eigenvalue weighted by atomic mass is 10.0. The highest BCUT2D eigenvalue weighted by Crippen LogP contribution is 2.13. The maximum absolute atomic E-state index is 10.5. The lowest BCUT2D eigenvalue weighted by Crippen LogP contribution is -2.14. The van der Waals surface area contributed by atoms with E-state index < -0.39 is 5.97 Å². The number of hydrogen-bond acceptors (Lipinski definition) is 1. The van der Waals surface area contributed by atoms with Gasteiger partial charge in [0.05, 0.1) is 5.92 Å². The van der Waals surface area contributed by atoms with Crippen LogP contribution in [0.1, 0.15) is 19.3 Å². The number of hydrogen-bond donors (Lipinski definition) is 1. The Kier molecular flexibility index (Phi) is 2.68. The predicted octanol–water partition coefficient (Wildman–Crippen LogP) is 0.476. The van der Waals surface area contributed by atoms with E-state index in [1.807, 2.05) is 0 Å². The number of aliphatic carboxylic acids is 1. The largest absolute Gasteiger partial charge is 0.481 e. The van der Waals surface area contributed by atoms with E-state index in [0.717, 1.165) is 32.4 Å². The second-order valence-electron chi connectivity index (χ2n) is 2.64. The molecule has 0 aromatic heterocycles. The fourth-order valence-corrected chi connectivity index (χ4v) is 1.20. The minimum atomic E-state index is -0.655. The molecule has 0 amide bonds. The summed E-state index contributed by atoms with van der Waals surface area (Å²) in [7, 11) is 0. The van der Waals surface area contributed by atoms with Gasteiger partial charge < -0.3 is 5.11 Å². The van der Waals surface area contributed by atoms with E-state index in [1.165, 1.54) is 0 Å². The van der Waals surface area contributed by atoms with Gasteiger partial charge in [-0.05, 0) is 19.3 Å². The van der Waals surface area contributed by atoms with Crippen LogP contribution in [0.3, 0.4) is 0 Å². The van der Waals surface area contributed by atoms with Gasteiger partial charge in [0.15, 0.2) is 0 Å². The van der Waals surface area contributed by atoms with Crippen molar-refractivity contribution in [2.45, 2.75) is 19.3 Å². The van der Waals surface area contributed by atoms with E-state index in [0.29, 0.717) is 0 Å². The van der Waals surface area contributed by atoms with Crippen molar-refractivity contribution in [3.63, 3.8) is 0 Å². The molecule has 1 radical (unpaired) electrons. The molecule has 3 nitrogen and oxygen atoms in total. The minimum absolute atomic E-state index is 0.133. The normalized spacial score (nSPS) is 27.4. The van der Waals surface area contributed by atoms with Crippen LogP contribution < -0.4 is 5.32 Å². The Bertz CT molecular complexity index is 117. The molecule has 1 atom stereocenters. The monoisotopic (exact) mass is 142 g/mol. The van der Waals surface area contributed by atoms with Crippen molar-refractivity contribution in [2.24, 2.45) is 5.92 Å². The highest BCUT2D eigenvalue weighted by molar-refractivity contribution is 5.69. The van der Waals surface area contributed by atoms with Gasteiger partial charge in [-0.3, -0.25) is 4.79 Å². The summed E-state index contributed by atoms with van der Waals surface area (Å²) in [5, 5.41) is 12.8. The molecule has 1 N–H and O–H groups in total. The molecular weight excluding hydrogens is 130 g/mol. The molecule has 0 spiro atoms. The van der Waals surface area contributed by atoms with Crippen LogP contribution in [0.25, 0.3) is 0 Å². The van der Waals surface area contributed by atoms with Gasteiger partial charge in [-0.15, -0.1) is 0 Å². The number of rotatable bonds is 1. The Morgan fingerprint density at radius 1 is 1.40 bits per heavy atom. The first-order valence-electron chi connectivity index (χ1n) is 3.67. The minimum Gasteiger partial charge on any atom is -0.481 e. The maximum atomic E-state index is 10.5. The summed E-state index contributed by atoms with van der Waals surface area (Å²) in [4.78, 5) is 10.5. The number of nitrogens with zero attached hydrogens (tertiary/aromatic N) is 1. The summed E-state index contributed by atoms with van der Waals surface area (Å²) in [6, 6.07) is 0. The van der Waals surface area contributed by atoms with E-state index in [2.05, 4.69) is 5.32 Å². The summed E-state index contributed by atoms with van der Waals surface area (Å²) in [6.45, 7) is 1.58. The summed E-state index contributed by atoms with van der Waals surface area (Å²) in [5.41, 5.74) is 0. The third kappa shape index (κ3) is 1.99. The van der Waals surface area contributed by atoms with E-state index in [1.54, 1.807) is 0 Å². The Labute approximate surface area is 60.4 Å². The van der Waals surface area contributed by atoms with Gasteiger partial charge in [0.1, 0.15) is 0 Å². The molecule has 1 saturated heterocycles. The van der Waals surface area contributed by atoms with Crippen LogP contribution >= 0.6 is 0 Å². The zero-order valence-corrected chi connectivity index (χ0v) is 5.92. The molecule has 1 aliphatic rings. The number of carbonyl (C=O) groups is 1. The first kappa shape index (κ1) is 7.54. The third-order valence-electron chi connectivity index (χ3n) is 1.85. The second kappa shape index (κ2) is 3.56. The Balaban J connectivity index is 2.35. The molecule has 1 heterocycles. The van der Waals surface area contributed by atoms with E-state index >= 15 is 0 Å². The molecule has 1 fully saturated rings. The van der Waals surface area contributed by atoms with Crippen LogP contribution in [0.2, 0.25) is 0 Å². The smallest absolute Gasteiger partial charge is 0.306 e. The molecule has 0 aromatic carbocycles. The first-order chi connectivity index (χ1) is 4.80. The van der Waals surface area contributed by atoms with Crippen molar-refractivity contribution in [1.82, 2.24) is 5.32 Å². The van der Waals surface area contributed by atoms with Gasteiger partial charge in [-0.25, -0.2) is 5.32 Å². The van der Waals surface area contributed by atoms with Crippen LogP contribution in [0.5, 0.6) is 0 Å². The summed E-state index contributed by atoms with van der Waals surface area (Å²) in [5.74, 6) is -0.789. The van der Waals surface area contributed by atoms with Gasteiger partial charge in [0.2, 0.25) is 0 Å². The van der Waals surface area contributed by atoms with Gasteiger partial charge in [-0.2, -0.15) is 0 Å². The van der Waals surface area contributed by atoms with Gasteiger partial charge in [0, 0.05) is 13.1 Å². The van der Waals surface area contributed by atoms with Crippen LogP contribution in [0.15, 0.2) is 0 Å². The zero-order chi connectivity index (χ0) is 7.40. The number of carboxylic acid groups (broad SMARTS) is 1. The van der Waals surface area contributed by atoms with E-state index in [9.17, 15) is 4.79 Å². The molecule has 0 bridgehead atoms. The van der Waals surface area contributed by atoms with Crippen molar-refractivity contribution >= 4 is 5.97 Å². The van der Waals surface area contributed by atoms with Crippen molar-refractivity contribution in [3.8, 4) is 0 Å². The second-order valence-corrected chi connectivity index (χ2v) is 2.64. The van der Waals surface area contributed by atoms with Crippen molar-refractivity contribution < 1.29 is 9.90 Å². The van der Waals surface area contributed by atoms with Crippen LogP contribution in [0, 0.1) is 5.92 Å². The predicted molar refractivity (Wildman–Crippen MR) is 36.8 cm³/mol. The topological polar surface area (TPSA) is 51.4 Å². The molecule has 0 aromatic rings.